The molecule has 0 spiro atoms. The highest BCUT2D eigenvalue weighted by atomic mass is 32.1. The number of phenolic OH excluding ortho intramolecular Hbond substituents is 1. The summed E-state index contributed by atoms with van der Waals surface area (Å²) in [5, 5.41) is 14.8. The Bertz CT molecular complexity index is 1230. The number of hydrogen-bond donors (Lipinski definition) is 2. The molecule has 1 fully saturated rings. The van der Waals surface area contributed by atoms with Crippen LogP contribution in [0.25, 0.3) is 31.8 Å². The Kier molecular flexibility index (Phi) is 6.08. The molecule has 2 N–H and O–H groups in total. The van der Waals surface area contributed by atoms with E-state index in [2.05, 4.69) is 53.5 Å². The second-order valence-corrected chi connectivity index (χ2v) is 9.16. The summed E-state index contributed by atoms with van der Waals surface area (Å²) >= 11 is 1.81. The van der Waals surface area contributed by atoms with Gasteiger partial charge in [0.15, 0.2) is 0 Å². The Hall–Kier alpha value is -2.93. The predicted octanol–water partition coefficient (Wildman–Crippen LogP) is 5.39. The van der Waals surface area contributed by atoms with Gasteiger partial charge < -0.3 is 15.2 Å². The van der Waals surface area contributed by atoms with Gasteiger partial charge in [0.25, 0.3) is 0 Å². The number of aromatic hydroxyl groups is 1. The van der Waals surface area contributed by atoms with Crippen molar-refractivity contribution >= 4 is 27.2 Å². The predicted molar refractivity (Wildman–Crippen MR) is 133 cm³/mol. The number of fused-ring (bicyclic) bond motifs is 1. The second kappa shape index (κ2) is 9.28. The Morgan fingerprint density at radius 3 is 2.69 bits per heavy atom. The molecule has 5 nitrogen and oxygen atoms in total. The third-order valence-corrected chi connectivity index (χ3v) is 7.23. The van der Waals surface area contributed by atoms with Crippen LogP contribution in [0, 0.1) is 6.92 Å². The van der Waals surface area contributed by atoms with Crippen LogP contribution in [0.3, 0.4) is 0 Å². The van der Waals surface area contributed by atoms with Gasteiger partial charge in [-0.3, -0.25) is 4.90 Å². The number of anilines is 1. The first-order chi connectivity index (χ1) is 15.7. The molecule has 6 heteroatoms. The normalized spacial score (nSPS) is 14.7. The molecule has 4 aromatic rings. The second-order valence-electron chi connectivity index (χ2n) is 8.11. The minimum Gasteiger partial charge on any atom is -0.508 e. The molecule has 1 aliphatic heterocycles. The van der Waals surface area contributed by atoms with E-state index in [1.165, 1.54) is 20.5 Å². The maximum Gasteiger partial charge on any atom is 0.127 e. The summed E-state index contributed by atoms with van der Waals surface area (Å²) in [6, 6.07) is 20.1. The Labute approximate surface area is 192 Å². The number of morpholine rings is 1. The number of phenols is 1. The zero-order chi connectivity index (χ0) is 21.9. The summed E-state index contributed by atoms with van der Waals surface area (Å²) in [5.41, 5.74) is 4.19. The third-order valence-electron chi connectivity index (χ3n) is 5.91. The van der Waals surface area contributed by atoms with E-state index in [9.17, 15) is 5.11 Å². The van der Waals surface area contributed by atoms with Gasteiger partial charge in [-0.25, -0.2) is 4.98 Å². The minimum atomic E-state index is 0.245. The molecule has 1 aliphatic rings. The Morgan fingerprint density at radius 2 is 1.88 bits per heavy atom. The molecule has 0 amide bonds. The van der Waals surface area contributed by atoms with Crippen LogP contribution < -0.4 is 5.32 Å². The summed E-state index contributed by atoms with van der Waals surface area (Å²) in [5.74, 6) is 1.10. The first-order valence-corrected chi connectivity index (χ1v) is 11.8. The van der Waals surface area contributed by atoms with Gasteiger partial charge in [-0.1, -0.05) is 30.3 Å². The molecule has 0 atom stereocenters. The molecule has 164 valence electrons. The van der Waals surface area contributed by atoms with Crippen molar-refractivity contribution in [1.82, 2.24) is 9.88 Å². The van der Waals surface area contributed by atoms with E-state index >= 15 is 0 Å². The fraction of sp³-hybridized carbons (Fsp3) is 0.269. The van der Waals surface area contributed by atoms with Crippen LogP contribution in [-0.2, 0) is 4.74 Å². The largest absolute Gasteiger partial charge is 0.508 e. The number of nitrogens with one attached hydrogen (secondary N) is 1. The number of aromatic nitrogens is 1. The minimum absolute atomic E-state index is 0.245. The fourth-order valence-corrected chi connectivity index (χ4v) is 5.38. The topological polar surface area (TPSA) is 57.6 Å². The third kappa shape index (κ3) is 4.48. The van der Waals surface area contributed by atoms with E-state index in [0.29, 0.717) is 0 Å². The van der Waals surface area contributed by atoms with Gasteiger partial charge in [0, 0.05) is 41.3 Å². The molecular weight excluding hydrogens is 418 g/mol. The van der Waals surface area contributed by atoms with Crippen molar-refractivity contribution in [3.05, 3.63) is 66.2 Å². The van der Waals surface area contributed by atoms with E-state index in [-0.39, 0.29) is 5.75 Å². The fourth-order valence-electron chi connectivity index (χ4n) is 4.18. The lowest BCUT2D eigenvalue weighted by Gasteiger charge is -2.26. The van der Waals surface area contributed by atoms with Crippen molar-refractivity contribution in [2.45, 2.75) is 6.92 Å². The molecule has 0 aliphatic carbocycles. The number of ether oxygens (including phenoxy) is 1. The number of thiophene rings is 1. The molecule has 0 radical (unpaired) electrons. The van der Waals surface area contributed by atoms with E-state index in [0.717, 1.165) is 62.0 Å². The maximum absolute atomic E-state index is 10.00. The SMILES string of the molecule is Cc1c(-c2cc(NCCN3CCOCC3)nc(-c3cccc(O)c3)c2)sc2ccccc12. The van der Waals surface area contributed by atoms with Crippen LogP contribution in [-0.4, -0.2) is 54.4 Å². The Balaban J connectivity index is 1.49. The van der Waals surface area contributed by atoms with Gasteiger partial charge in [0.1, 0.15) is 11.6 Å². The van der Waals surface area contributed by atoms with Crippen molar-refractivity contribution in [2.24, 2.45) is 0 Å². The van der Waals surface area contributed by atoms with Crippen molar-refractivity contribution in [3.63, 3.8) is 0 Å². The number of rotatable bonds is 6. The molecule has 2 aromatic heterocycles. The van der Waals surface area contributed by atoms with E-state index in [1.54, 1.807) is 12.1 Å². The van der Waals surface area contributed by atoms with Gasteiger partial charge >= 0.3 is 0 Å². The van der Waals surface area contributed by atoms with Gasteiger partial charge in [0.05, 0.1) is 18.9 Å². The highest BCUT2D eigenvalue weighted by molar-refractivity contribution is 7.22. The monoisotopic (exact) mass is 445 g/mol. The van der Waals surface area contributed by atoms with Crippen molar-refractivity contribution in [1.29, 1.82) is 0 Å². The van der Waals surface area contributed by atoms with Gasteiger partial charge in [0.2, 0.25) is 0 Å². The zero-order valence-electron chi connectivity index (χ0n) is 18.2. The highest BCUT2D eigenvalue weighted by Crippen LogP contribution is 2.40. The average molecular weight is 446 g/mol. The average Bonchev–Trinajstić information content (AvgIpc) is 3.16. The molecule has 2 aromatic carbocycles. The van der Waals surface area contributed by atoms with Crippen molar-refractivity contribution < 1.29 is 9.84 Å². The summed E-state index contributed by atoms with van der Waals surface area (Å²) in [6.07, 6.45) is 0. The maximum atomic E-state index is 10.00. The summed E-state index contributed by atoms with van der Waals surface area (Å²) in [4.78, 5) is 8.54. The van der Waals surface area contributed by atoms with E-state index in [1.807, 2.05) is 23.5 Å². The van der Waals surface area contributed by atoms with E-state index < -0.39 is 0 Å². The standard InChI is InChI=1S/C26H27N3O2S/c1-18-22-7-2-3-8-24(22)32-26(18)20-16-23(19-5-4-6-21(30)15-19)28-25(17-20)27-9-10-29-11-13-31-14-12-29/h2-8,15-17,30H,9-14H2,1H3,(H,27,28). The number of hydrogen-bond acceptors (Lipinski definition) is 6. The highest BCUT2D eigenvalue weighted by Gasteiger charge is 2.14. The van der Waals surface area contributed by atoms with E-state index in [4.69, 9.17) is 9.72 Å². The lowest BCUT2D eigenvalue weighted by Crippen LogP contribution is -2.39. The van der Waals surface area contributed by atoms with Gasteiger partial charge in [-0.05, 0) is 53.8 Å². The molecule has 0 unspecified atom stereocenters. The van der Waals surface area contributed by atoms with Crippen LogP contribution in [0.1, 0.15) is 5.56 Å². The smallest absolute Gasteiger partial charge is 0.127 e. The summed E-state index contributed by atoms with van der Waals surface area (Å²) in [7, 11) is 0. The van der Waals surface area contributed by atoms with Crippen LogP contribution in [0.4, 0.5) is 5.82 Å². The van der Waals surface area contributed by atoms with Crippen molar-refractivity contribution in [2.75, 3.05) is 44.7 Å². The molecule has 1 saturated heterocycles. The number of nitrogens with zero attached hydrogens (tertiary/aromatic N) is 2. The number of pyridine rings is 1. The van der Waals surface area contributed by atoms with Crippen LogP contribution >= 0.6 is 11.3 Å². The lowest BCUT2D eigenvalue weighted by molar-refractivity contribution is 0.0398. The van der Waals surface area contributed by atoms with Crippen LogP contribution in [0.15, 0.2) is 60.7 Å². The first-order valence-electron chi connectivity index (χ1n) is 11.0. The quantitative estimate of drug-likeness (QED) is 0.417. The first kappa shape index (κ1) is 20.9. The zero-order valence-corrected chi connectivity index (χ0v) is 19.0. The summed E-state index contributed by atoms with van der Waals surface area (Å²) in [6.45, 7) is 7.53. The lowest BCUT2D eigenvalue weighted by atomic mass is 10.0. The van der Waals surface area contributed by atoms with Gasteiger partial charge in [-0.15, -0.1) is 11.3 Å². The van der Waals surface area contributed by atoms with Crippen LogP contribution in [0.2, 0.25) is 0 Å². The van der Waals surface area contributed by atoms with Crippen LogP contribution in [0.5, 0.6) is 5.75 Å². The Morgan fingerprint density at radius 1 is 1.03 bits per heavy atom. The molecule has 3 heterocycles. The molecule has 0 bridgehead atoms. The van der Waals surface area contributed by atoms with Crippen molar-refractivity contribution in [3.8, 4) is 27.4 Å². The number of aryl methyl sites for hydroxylation is 1. The molecule has 5 rings (SSSR count). The molecule has 0 saturated carbocycles. The van der Waals surface area contributed by atoms with Gasteiger partial charge in [-0.2, -0.15) is 0 Å². The molecule has 32 heavy (non-hydrogen) atoms. The molecular formula is C26H27N3O2S. The number of benzene rings is 2. The summed E-state index contributed by atoms with van der Waals surface area (Å²) < 4.78 is 6.74.